The number of aryl methyl sites for hydroxylation is 3. The van der Waals surface area contributed by atoms with Gasteiger partial charge in [-0.15, -0.1) is 0 Å². The lowest BCUT2D eigenvalue weighted by Gasteiger charge is -2.08. The van der Waals surface area contributed by atoms with Crippen molar-refractivity contribution in [2.24, 2.45) is 0 Å². The van der Waals surface area contributed by atoms with Gasteiger partial charge in [-0.1, -0.05) is 132 Å². The summed E-state index contributed by atoms with van der Waals surface area (Å²) in [5.41, 5.74) is 15.6. The third-order valence-electron chi connectivity index (χ3n) is 7.41. The quantitative estimate of drug-likeness (QED) is 0.269. The third-order valence-corrected chi connectivity index (χ3v) is 7.41. The standard InChI is InChI=1S/C40H48/c1-29(17-13-19-31(3)21-26-39-27-25-33(5)36(8)38(39)10)15-11-12-16-30(2)18-14-20-32(4)22-28-40-35(7)24-23-34(6)37(40)9/h11-28H,1-10H3/b12-11+,17-13+,18-14+,26-21+,28-22+,29-15+,30-16+,31-19+,32-20+. The van der Waals surface area contributed by atoms with Crippen LogP contribution in [0.2, 0.25) is 0 Å². The zero-order chi connectivity index (χ0) is 29.7. The molecule has 0 heteroatoms. The molecule has 2 aromatic rings. The average molecular weight is 529 g/mol. The molecular formula is C40H48. The van der Waals surface area contributed by atoms with Crippen LogP contribution in [0.4, 0.5) is 0 Å². The van der Waals surface area contributed by atoms with Crippen LogP contribution in [0.1, 0.15) is 72.2 Å². The second-order valence-electron chi connectivity index (χ2n) is 10.9. The van der Waals surface area contributed by atoms with E-state index in [2.05, 4.69) is 179 Å². The van der Waals surface area contributed by atoms with E-state index in [9.17, 15) is 0 Å². The molecule has 0 atom stereocenters. The fourth-order valence-corrected chi connectivity index (χ4v) is 4.16. The Morgan fingerprint density at radius 2 is 0.850 bits per heavy atom. The molecule has 0 radical (unpaired) electrons. The lowest BCUT2D eigenvalue weighted by molar-refractivity contribution is 1.26. The molecule has 0 aliphatic heterocycles. The van der Waals surface area contributed by atoms with Crippen LogP contribution in [0.15, 0.2) is 119 Å². The van der Waals surface area contributed by atoms with Gasteiger partial charge in [0.05, 0.1) is 0 Å². The van der Waals surface area contributed by atoms with Gasteiger partial charge in [0.2, 0.25) is 0 Å². The fraction of sp³-hybridized carbons (Fsp3) is 0.250. The maximum Gasteiger partial charge on any atom is -0.0195 e. The van der Waals surface area contributed by atoms with E-state index in [0.717, 1.165) is 0 Å². The predicted molar refractivity (Wildman–Crippen MR) is 182 cm³/mol. The smallest absolute Gasteiger partial charge is 0.0195 e. The number of hydrogen-bond donors (Lipinski definition) is 0. The lowest BCUT2D eigenvalue weighted by atomic mass is 9.97. The van der Waals surface area contributed by atoms with Crippen molar-refractivity contribution in [1.82, 2.24) is 0 Å². The molecule has 208 valence electrons. The summed E-state index contributed by atoms with van der Waals surface area (Å²) in [7, 11) is 0. The predicted octanol–water partition coefficient (Wildman–Crippen LogP) is 11.7. The van der Waals surface area contributed by atoms with Crippen molar-refractivity contribution in [1.29, 1.82) is 0 Å². The summed E-state index contributed by atoms with van der Waals surface area (Å²) in [4.78, 5) is 0. The highest BCUT2D eigenvalue weighted by Crippen LogP contribution is 2.20. The molecule has 0 spiro atoms. The highest BCUT2D eigenvalue weighted by molar-refractivity contribution is 5.62. The number of hydrogen-bond acceptors (Lipinski definition) is 0. The molecule has 2 rings (SSSR count). The molecule has 0 aromatic heterocycles. The molecule has 0 fully saturated rings. The number of rotatable bonds is 10. The zero-order valence-corrected chi connectivity index (χ0v) is 26.4. The summed E-state index contributed by atoms with van der Waals surface area (Å²) < 4.78 is 0. The van der Waals surface area contributed by atoms with Crippen molar-refractivity contribution >= 4 is 12.2 Å². The van der Waals surface area contributed by atoms with Crippen molar-refractivity contribution in [3.8, 4) is 0 Å². The molecule has 0 saturated heterocycles. The third kappa shape index (κ3) is 10.7. The van der Waals surface area contributed by atoms with E-state index in [1.54, 1.807) is 0 Å². The van der Waals surface area contributed by atoms with Gasteiger partial charge in [-0.3, -0.25) is 0 Å². The van der Waals surface area contributed by atoms with Gasteiger partial charge in [0, 0.05) is 0 Å². The SMILES string of the molecule is CC(/C=C/C=C(C)/C=C/c1ccc(C)c(C)c1C)=C\C=C\C=C(C)\C=C\C=C(C)\C=C\c1c(C)ccc(C)c1C. The van der Waals surface area contributed by atoms with Gasteiger partial charge in [0.15, 0.2) is 0 Å². The van der Waals surface area contributed by atoms with Crippen molar-refractivity contribution in [3.05, 3.63) is 164 Å². The Morgan fingerprint density at radius 3 is 1.43 bits per heavy atom. The van der Waals surface area contributed by atoms with Crippen LogP contribution < -0.4 is 0 Å². The first-order valence-electron chi connectivity index (χ1n) is 14.2. The largest absolute Gasteiger partial charge is 0.0620 e. The molecule has 0 aliphatic carbocycles. The van der Waals surface area contributed by atoms with Crippen LogP contribution in [0.3, 0.4) is 0 Å². The second kappa shape index (κ2) is 16.3. The van der Waals surface area contributed by atoms with Crippen LogP contribution in [-0.2, 0) is 0 Å². The van der Waals surface area contributed by atoms with E-state index in [-0.39, 0.29) is 0 Å². The maximum atomic E-state index is 2.23. The number of allylic oxidation sites excluding steroid dienone is 16. The van der Waals surface area contributed by atoms with Gasteiger partial charge in [-0.2, -0.15) is 0 Å². The minimum absolute atomic E-state index is 1.21. The van der Waals surface area contributed by atoms with E-state index in [4.69, 9.17) is 0 Å². The van der Waals surface area contributed by atoms with E-state index in [1.165, 1.54) is 66.8 Å². The lowest BCUT2D eigenvalue weighted by Crippen LogP contribution is -1.89. The Balaban J connectivity index is 1.90. The van der Waals surface area contributed by atoms with Crippen molar-refractivity contribution in [3.63, 3.8) is 0 Å². The van der Waals surface area contributed by atoms with Crippen LogP contribution >= 0.6 is 0 Å². The summed E-state index contributed by atoms with van der Waals surface area (Å²) in [6, 6.07) is 8.78. The average Bonchev–Trinajstić information content (AvgIpc) is 2.91. The summed E-state index contributed by atoms with van der Waals surface area (Å²) in [5.74, 6) is 0. The highest BCUT2D eigenvalue weighted by atomic mass is 14.1. The van der Waals surface area contributed by atoms with Gasteiger partial charge in [-0.25, -0.2) is 0 Å². The molecule has 0 unspecified atom stereocenters. The molecule has 0 amide bonds. The molecule has 0 heterocycles. The Kier molecular flexibility index (Phi) is 13.1. The van der Waals surface area contributed by atoms with Crippen LogP contribution in [-0.4, -0.2) is 0 Å². The molecule has 0 aliphatic rings. The van der Waals surface area contributed by atoms with Gasteiger partial charge in [0.25, 0.3) is 0 Å². The van der Waals surface area contributed by atoms with Gasteiger partial charge in [-0.05, 0) is 114 Å². The fourth-order valence-electron chi connectivity index (χ4n) is 4.16. The first-order chi connectivity index (χ1) is 19.0. The first-order valence-corrected chi connectivity index (χ1v) is 14.2. The molecule has 40 heavy (non-hydrogen) atoms. The molecule has 0 bridgehead atoms. The van der Waals surface area contributed by atoms with E-state index in [0.29, 0.717) is 0 Å². The summed E-state index contributed by atoms with van der Waals surface area (Å²) in [5, 5.41) is 0. The first kappa shape index (κ1) is 32.3. The van der Waals surface area contributed by atoms with Crippen molar-refractivity contribution < 1.29 is 0 Å². The highest BCUT2D eigenvalue weighted by Gasteiger charge is 2.02. The summed E-state index contributed by atoms with van der Waals surface area (Å²) in [6.07, 6.45) is 30.1. The van der Waals surface area contributed by atoms with Gasteiger partial charge < -0.3 is 0 Å². The Hall–Kier alpha value is -3.90. The Morgan fingerprint density at radius 1 is 0.425 bits per heavy atom. The summed E-state index contributed by atoms with van der Waals surface area (Å²) in [6.45, 7) is 21.6. The molecule has 0 nitrogen and oxygen atoms in total. The minimum atomic E-state index is 1.21. The van der Waals surface area contributed by atoms with Crippen molar-refractivity contribution in [2.75, 3.05) is 0 Å². The van der Waals surface area contributed by atoms with Crippen molar-refractivity contribution in [2.45, 2.75) is 69.2 Å². The monoisotopic (exact) mass is 528 g/mol. The molecule has 0 saturated carbocycles. The zero-order valence-electron chi connectivity index (χ0n) is 26.4. The maximum absolute atomic E-state index is 2.23. The molecule has 2 aromatic carbocycles. The normalized spacial score (nSPS) is 14.3. The number of benzene rings is 2. The van der Waals surface area contributed by atoms with Gasteiger partial charge >= 0.3 is 0 Å². The van der Waals surface area contributed by atoms with E-state index in [1.807, 2.05) is 0 Å². The topological polar surface area (TPSA) is 0 Å². The van der Waals surface area contributed by atoms with E-state index >= 15 is 0 Å². The van der Waals surface area contributed by atoms with Crippen LogP contribution in [0.25, 0.3) is 12.2 Å². The molecule has 0 N–H and O–H groups in total. The van der Waals surface area contributed by atoms with Gasteiger partial charge in [0.1, 0.15) is 0 Å². The van der Waals surface area contributed by atoms with Crippen LogP contribution in [0.5, 0.6) is 0 Å². The second-order valence-corrected chi connectivity index (χ2v) is 10.9. The van der Waals surface area contributed by atoms with Crippen LogP contribution in [0, 0.1) is 41.5 Å². The van der Waals surface area contributed by atoms with E-state index < -0.39 is 0 Å². The summed E-state index contributed by atoms with van der Waals surface area (Å²) >= 11 is 0. The Bertz CT molecular complexity index is 1450. The Labute approximate surface area is 245 Å². The molecular weight excluding hydrogens is 480 g/mol. The minimum Gasteiger partial charge on any atom is -0.0620 e.